The van der Waals surface area contributed by atoms with Crippen LogP contribution in [0.25, 0.3) is 0 Å². The first-order valence-electron chi connectivity index (χ1n) is 7.81. The maximum Gasteiger partial charge on any atom is 0.216 e. The van der Waals surface area contributed by atoms with E-state index in [-0.39, 0.29) is 6.61 Å². The number of hydrogen-bond donors (Lipinski definition) is 2. The number of nitrogens with one attached hydrogen (secondary N) is 1. The van der Waals surface area contributed by atoms with Crippen molar-refractivity contribution in [2.24, 2.45) is 0 Å². The Balaban J connectivity index is 1.80. The Morgan fingerprint density at radius 1 is 1.00 bits per heavy atom. The number of aliphatic hydroxyl groups excluding tert-OH is 1. The maximum absolute atomic E-state index is 9.83. The van der Waals surface area contributed by atoms with Gasteiger partial charge in [-0.25, -0.2) is 0 Å². The van der Waals surface area contributed by atoms with Crippen LogP contribution in [0.2, 0.25) is 0 Å². The Kier molecular flexibility index (Phi) is 6.84. The summed E-state index contributed by atoms with van der Waals surface area (Å²) in [5.74, 6) is 0.945. The highest BCUT2D eigenvalue weighted by Gasteiger charge is 2.07. The van der Waals surface area contributed by atoms with Gasteiger partial charge in [0.25, 0.3) is 0 Å². The van der Waals surface area contributed by atoms with Gasteiger partial charge in [0.1, 0.15) is 19.3 Å². The summed E-state index contributed by atoms with van der Waals surface area (Å²) in [6, 6.07) is 15.6. The molecule has 0 saturated heterocycles. The number of rotatable bonds is 9. The van der Waals surface area contributed by atoms with Gasteiger partial charge in [-0.15, -0.1) is 0 Å². The van der Waals surface area contributed by atoms with Gasteiger partial charge in [-0.3, -0.25) is 0 Å². The third-order valence-electron chi connectivity index (χ3n) is 3.11. The number of aromatic nitrogens is 1. The summed E-state index contributed by atoms with van der Waals surface area (Å²) in [4.78, 5) is 4.28. The van der Waals surface area contributed by atoms with Gasteiger partial charge in [-0.1, -0.05) is 50.2 Å². The van der Waals surface area contributed by atoms with E-state index in [1.807, 2.05) is 50.2 Å². The average Bonchev–Trinajstić information content (AvgIpc) is 2.57. The van der Waals surface area contributed by atoms with Gasteiger partial charge in [-0.05, 0) is 5.56 Å². The molecule has 2 rings (SSSR count). The Morgan fingerprint density at radius 2 is 1.70 bits per heavy atom. The predicted molar refractivity (Wildman–Crippen MR) is 89.7 cm³/mol. The Bertz CT molecular complexity index is 575. The quantitative estimate of drug-likeness (QED) is 0.744. The molecule has 0 amide bonds. The molecular formula is C18H24N2O3. The third-order valence-corrected chi connectivity index (χ3v) is 3.11. The van der Waals surface area contributed by atoms with Gasteiger partial charge in [-0.2, -0.15) is 4.98 Å². The first kappa shape index (κ1) is 17.2. The van der Waals surface area contributed by atoms with Crippen LogP contribution in [-0.4, -0.2) is 35.4 Å². The van der Waals surface area contributed by atoms with Crippen LogP contribution in [0.15, 0.2) is 48.5 Å². The Labute approximate surface area is 137 Å². The fraction of sp³-hybridized carbons (Fsp3) is 0.389. The van der Waals surface area contributed by atoms with E-state index < -0.39 is 6.10 Å². The lowest BCUT2D eigenvalue weighted by Crippen LogP contribution is -2.35. The van der Waals surface area contributed by atoms with Gasteiger partial charge in [0.15, 0.2) is 0 Å². The monoisotopic (exact) mass is 316 g/mol. The van der Waals surface area contributed by atoms with Crippen LogP contribution in [0.4, 0.5) is 0 Å². The largest absolute Gasteiger partial charge is 0.475 e. The van der Waals surface area contributed by atoms with Crippen LogP contribution in [0.3, 0.4) is 0 Å². The van der Waals surface area contributed by atoms with E-state index in [9.17, 15) is 5.11 Å². The van der Waals surface area contributed by atoms with Crippen LogP contribution in [0.5, 0.6) is 11.8 Å². The van der Waals surface area contributed by atoms with Crippen LogP contribution >= 0.6 is 0 Å². The summed E-state index contributed by atoms with van der Waals surface area (Å²) in [5.41, 5.74) is 1.08. The van der Waals surface area contributed by atoms with E-state index in [0.29, 0.717) is 31.0 Å². The summed E-state index contributed by atoms with van der Waals surface area (Å²) in [7, 11) is 0. The molecule has 1 unspecified atom stereocenters. The molecule has 0 spiro atoms. The molecule has 0 radical (unpaired) electrons. The van der Waals surface area contributed by atoms with Gasteiger partial charge in [0.2, 0.25) is 11.8 Å². The smallest absolute Gasteiger partial charge is 0.216 e. The van der Waals surface area contributed by atoms with Crippen molar-refractivity contribution < 1.29 is 14.6 Å². The van der Waals surface area contributed by atoms with Crippen molar-refractivity contribution >= 4 is 0 Å². The summed E-state index contributed by atoms with van der Waals surface area (Å²) in [6.07, 6.45) is -0.576. The van der Waals surface area contributed by atoms with Crippen molar-refractivity contribution in [2.75, 3.05) is 13.2 Å². The molecule has 23 heavy (non-hydrogen) atoms. The summed E-state index contributed by atoms with van der Waals surface area (Å²) in [5, 5.41) is 13.0. The molecule has 0 fully saturated rings. The molecule has 0 bridgehead atoms. The standard InChI is InChI=1S/C18H24N2O3/c1-14(2)19-11-16(21)13-23-18-10-6-9-17(20-18)22-12-15-7-4-3-5-8-15/h3-10,14,16,19,21H,11-13H2,1-2H3. The van der Waals surface area contributed by atoms with Gasteiger partial charge < -0.3 is 19.9 Å². The molecule has 1 aromatic heterocycles. The van der Waals surface area contributed by atoms with E-state index in [4.69, 9.17) is 9.47 Å². The molecule has 5 heteroatoms. The Hall–Kier alpha value is -2.11. The molecule has 1 heterocycles. The molecule has 0 aliphatic rings. The molecule has 1 atom stereocenters. The van der Waals surface area contributed by atoms with Crippen LogP contribution in [0, 0.1) is 0 Å². The number of aliphatic hydroxyl groups is 1. The van der Waals surface area contributed by atoms with Crippen molar-refractivity contribution in [2.45, 2.75) is 32.6 Å². The van der Waals surface area contributed by atoms with E-state index in [2.05, 4.69) is 10.3 Å². The summed E-state index contributed by atoms with van der Waals surface area (Å²) in [6.45, 7) is 5.19. The van der Waals surface area contributed by atoms with Gasteiger partial charge in [0.05, 0.1) is 0 Å². The highest BCUT2D eigenvalue weighted by Crippen LogP contribution is 2.15. The minimum Gasteiger partial charge on any atom is -0.475 e. The second kappa shape index (κ2) is 9.12. The SMILES string of the molecule is CC(C)NCC(O)COc1cccc(OCc2ccccc2)n1. The van der Waals surface area contributed by atoms with Crippen molar-refractivity contribution in [3.8, 4) is 11.8 Å². The maximum atomic E-state index is 9.83. The summed E-state index contributed by atoms with van der Waals surface area (Å²) < 4.78 is 11.2. The molecule has 0 aliphatic heterocycles. The molecule has 0 aliphatic carbocycles. The topological polar surface area (TPSA) is 63.6 Å². The Morgan fingerprint density at radius 3 is 2.39 bits per heavy atom. The first-order chi connectivity index (χ1) is 11.1. The zero-order valence-electron chi connectivity index (χ0n) is 13.6. The fourth-order valence-corrected chi connectivity index (χ4v) is 1.90. The van der Waals surface area contributed by atoms with E-state index in [1.54, 1.807) is 12.1 Å². The highest BCUT2D eigenvalue weighted by molar-refractivity contribution is 5.21. The van der Waals surface area contributed by atoms with Gasteiger partial charge >= 0.3 is 0 Å². The number of hydrogen-bond acceptors (Lipinski definition) is 5. The fourth-order valence-electron chi connectivity index (χ4n) is 1.90. The number of benzene rings is 1. The minimum absolute atomic E-state index is 0.189. The number of pyridine rings is 1. The second-order valence-electron chi connectivity index (χ2n) is 5.62. The van der Waals surface area contributed by atoms with E-state index in [1.165, 1.54) is 0 Å². The van der Waals surface area contributed by atoms with Crippen molar-refractivity contribution in [3.63, 3.8) is 0 Å². The van der Waals surface area contributed by atoms with E-state index >= 15 is 0 Å². The van der Waals surface area contributed by atoms with Crippen LogP contribution in [0.1, 0.15) is 19.4 Å². The molecule has 2 N–H and O–H groups in total. The molecule has 124 valence electrons. The van der Waals surface area contributed by atoms with E-state index in [0.717, 1.165) is 5.56 Å². The number of nitrogens with zero attached hydrogens (tertiary/aromatic N) is 1. The van der Waals surface area contributed by atoms with Crippen molar-refractivity contribution in [3.05, 3.63) is 54.1 Å². The van der Waals surface area contributed by atoms with Crippen LogP contribution in [-0.2, 0) is 6.61 Å². The molecule has 2 aromatic rings. The first-order valence-corrected chi connectivity index (χ1v) is 7.81. The van der Waals surface area contributed by atoms with Gasteiger partial charge in [0, 0.05) is 24.7 Å². The highest BCUT2D eigenvalue weighted by atomic mass is 16.5. The third kappa shape index (κ3) is 6.67. The lowest BCUT2D eigenvalue weighted by Gasteiger charge is -2.15. The normalized spacial score (nSPS) is 12.2. The van der Waals surface area contributed by atoms with Crippen molar-refractivity contribution in [1.29, 1.82) is 0 Å². The molecule has 0 saturated carbocycles. The predicted octanol–water partition coefficient (Wildman–Crippen LogP) is 2.40. The average molecular weight is 316 g/mol. The van der Waals surface area contributed by atoms with Crippen molar-refractivity contribution in [1.82, 2.24) is 10.3 Å². The lowest BCUT2D eigenvalue weighted by molar-refractivity contribution is 0.101. The molecular weight excluding hydrogens is 292 g/mol. The molecule has 1 aromatic carbocycles. The zero-order valence-corrected chi connectivity index (χ0v) is 13.6. The zero-order chi connectivity index (χ0) is 16.5. The molecule has 5 nitrogen and oxygen atoms in total. The second-order valence-corrected chi connectivity index (χ2v) is 5.62. The summed E-state index contributed by atoms with van der Waals surface area (Å²) >= 11 is 0. The number of ether oxygens (including phenoxy) is 2. The minimum atomic E-state index is -0.576. The van der Waals surface area contributed by atoms with Crippen LogP contribution < -0.4 is 14.8 Å². The lowest BCUT2D eigenvalue weighted by atomic mass is 10.2.